The summed E-state index contributed by atoms with van der Waals surface area (Å²) in [5.74, 6) is -0.227. The standard InChI is InChI=1S/C14H10BrF/c15-13-8-4-7-12(14(13)16)10-9-11-5-2-1-3-6-11/h1-10H. The van der Waals surface area contributed by atoms with Crippen molar-refractivity contribution < 1.29 is 4.39 Å². The zero-order valence-corrected chi connectivity index (χ0v) is 10.1. The summed E-state index contributed by atoms with van der Waals surface area (Å²) in [5, 5.41) is 0. The van der Waals surface area contributed by atoms with Crippen LogP contribution < -0.4 is 0 Å². The van der Waals surface area contributed by atoms with E-state index < -0.39 is 0 Å². The van der Waals surface area contributed by atoms with Gasteiger partial charge in [0, 0.05) is 5.56 Å². The van der Waals surface area contributed by atoms with Gasteiger partial charge in [-0.25, -0.2) is 4.39 Å². The zero-order valence-electron chi connectivity index (χ0n) is 8.53. The van der Waals surface area contributed by atoms with E-state index in [2.05, 4.69) is 15.9 Å². The fraction of sp³-hybridized carbons (Fsp3) is 0. The van der Waals surface area contributed by atoms with Crippen LogP contribution in [-0.2, 0) is 0 Å². The van der Waals surface area contributed by atoms with Crippen molar-refractivity contribution in [2.75, 3.05) is 0 Å². The molecule has 80 valence electrons. The molecular weight excluding hydrogens is 267 g/mol. The topological polar surface area (TPSA) is 0 Å². The van der Waals surface area contributed by atoms with Gasteiger partial charge in [0.1, 0.15) is 5.82 Å². The van der Waals surface area contributed by atoms with Gasteiger partial charge in [0.25, 0.3) is 0 Å². The van der Waals surface area contributed by atoms with E-state index in [1.54, 1.807) is 18.2 Å². The minimum absolute atomic E-state index is 0.227. The van der Waals surface area contributed by atoms with Crippen molar-refractivity contribution in [3.8, 4) is 0 Å². The number of hydrogen-bond donors (Lipinski definition) is 0. The van der Waals surface area contributed by atoms with E-state index in [4.69, 9.17) is 0 Å². The highest BCUT2D eigenvalue weighted by atomic mass is 79.9. The second-order valence-electron chi connectivity index (χ2n) is 3.39. The van der Waals surface area contributed by atoms with Crippen LogP contribution in [0.15, 0.2) is 53.0 Å². The first-order valence-electron chi connectivity index (χ1n) is 4.94. The molecule has 16 heavy (non-hydrogen) atoms. The van der Waals surface area contributed by atoms with Gasteiger partial charge in [-0.3, -0.25) is 0 Å². The van der Waals surface area contributed by atoms with E-state index in [-0.39, 0.29) is 5.82 Å². The van der Waals surface area contributed by atoms with Gasteiger partial charge in [-0.15, -0.1) is 0 Å². The molecule has 0 saturated carbocycles. The summed E-state index contributed by atoms with van der Waals surface area (Å²) in [6.45, 7) is 0. The van der Waals surface area contributed by atoms with Crippen molar-refractivity contribution in [2.45, 2.75) is 0 Å². The maximum Gasteiger partial charge on any atom is 0.144 e. The first kappa shape index (κ1) is 11.1. The van der Waals surface area contributed by atoms with Crippen LogP contribution in [0.1, 0.15) is 11.1 Å². The summed E-state index contributed by atoms with van der Waals surface area (Å²) < 4.78 is 14.1. The number of halogens is 2. The lowest BCUT2D eigenvalue weighted by atomic mass is 10.1. The number of hydrogen-bond acceptors (Lipinski definition) is 0. The third-order valence-corrected chi connectivity index (χ3v) is 2.85. The first-order chi connectivity index (χ1) is 7.77. The Bertz CT molecular complexity index is 503. The Hall–Kier alpha value is -1.41. The molecule has 0 aliphatic rings. The smallest absolute Gasteiger partial charge is 0.144 e. The van der Waals surface area contributed by atoms with E-state index in [0.717, 1.165) is 5.56 Å². The molecule has 0 spiro atoms. The van der Waals surface area contributed by atoms with E-state index in [1.165, 1.54) is 0 Å². The Kier molecular flexibility index (Phi) is 3.52. The van der Waals surface area contributed by atoms with Crippen LogP contribution >= 0.6 is 15.9 Å². The molecule has 2 heteroatoms. The quantitative estimate of drug-likeness (QED) is 0.694. The zero-order chi connectivity index (χ0) is 11.4. The maximum absolute atomic E-state index is 13.6. The van der Waals surface area contributed by atoms with E-state index in [1.807, 2.05) is 42.5 Å². The molecule has 0 fully saturated rings. The lowest BCUT2D eigenvalue weighted by molar-refractivity contribution is 0.618. The number of benzene rings is 2. The fourth-order valence-corrected chi connectivity index (χ4v) is 1.78. The van der Waals surface area contributed by atoms with Crippen LogP contribution in [0.5, 0.6) is 0 Å². The normalized spacial score (nSPS) is 10.9. The largest absolute Gasteiger partial charge is 0.205 e. The molecule has 0 heterocycles. The summed E-state index contributed by atoms with van der Waals surface area (Å²) in [4.78, 5) is 0. The molecule has 2 rings (SSSR count). The van der Waals surface area contributed by atoms with Crippen LogP contribution in [0.4, 0.5) is 4.39 Å². The molecular formula is C14H10BrF. The Balaban J connectivity index is 2.28. The summed E-state index contributed by atoms with van der Waals surface area (Å²) in [6.07, 6.45) is 3.67. The minimum atomic E-state index is -0.227. The van der Waals surface area contributed by atoms with Gasteiger partial charge in [0.2, 0.25) is 0 Å². The van der Waals surface area contributed by atoms with Crippen molar-refractivity contribution in [3.63, 3.8) is 0 Å². The molecule has 0 radical (unpaired) electrons. The predicted molar refractivity (Wildman–Crippen MR) is 69.5 cm³/mol. The molecule has 2 aromatic carbocycles. The molecule has 0 atom stereocenters. The fourth-order valence-electron chi connectivity index (χ4n) is 1.40. The van der Waals surface area contributed by atoms with Gasteiger partial charge in [0.05, 0.1) is 4.47 Å². The van der Waals surface area contributed by atoms with Crippen LogP contribution in [0.2, 0.25) is 0 Å². The van der Waals surface area contributed by atoms with Crippen LogP contribution in [0.3, 0.4) is 0 Å². The number of rotatable bonds is 2. The second kappa shape index (κ2) is 5.08. The Morgan fingerprint density at radius 2 is 1.62 bits per heavy atom. The molecule has 0 aliphatic heterocycles. The average molecular weight is 277 g/mol. The van der Waals surface area contributed by atoms with Gasteiger partial charge in [-0.2, -0.15) is 0 Å². The van der Waals surface area contributed by atoms with Gasteiger partial charge in [-0.05, 0) is 27.6 Å². The molecule has 0 bridgehead atoms. The van der Waals surface area contributed by atoms with Gasteiger partial charge < -0.3 is 0 Å². The van der Waals surface area contributed by atoms with E-state index in [0.29, 0.717) is 10.0 Å². The molecule has 0 nitrogen and oxygen atoms in total. The molecule has 0 aliphatic carbocycles. The van der Waals surface area contributed by atoms with E-state index >= 15 is 0 Å². The van der Waals surface area contributed by atoms with Crippen molar-refractivity contribution in [2.24, 2.45) is 0 Å². The lowest BCUT2D eigenvalue weighted by Crippen LogP contribution is -1.82. The lowest BCUT2D eigenvalue weighted by Gasteiger charge is -1.98. The average Bonchev–Trinajstić information content (AvgIpc) is 2.32. The summed E-state index contributed by atoms with van der Waals surface area (Å²) in [7, 11) is 0. The first-order valence-corrected chi connectivity index (χ1v) is 5.74. The molecule has 0 aromatic heterocycles. The van der Waals surface area contributed by atoms with Crippen molar-refractivity contribution >= 4 is 28.1 Å². The Morgan fingerprint density at radius 1 is 0.875 bits per heavy atom. The highest BCUT2D eigenvalue weighted by molar-refractivity contribution is 9.10. The van der Waals surface area contributed by atoms with Crippen LogP contribution in [0, 0.1) is 5.82 Å². The van der Waals surface area contributed by atoms with Gasteiger partial charge in [0.15, 0.2) is 0 Å². The monoisotopic (exact) mass is 276 g/mol. The molecule has 0 amide bonds. The summed E-state index contributed by atoms with van der Waals surface area (Å²) >= 11 is 3.16. The molecule has 2 aromatic rings. The molecule has 0 N–H and O–H groups in total. The van der Waals surface area contributed by atoms with Crippen molar-refractivity contribution in [1.82, 2.24) is 0 Å². The predicted octanol–water partition coefficient (Wildman–Crippen LogP) is 4.76. The summed E-state index contributed by atoms with van der Waals surface area (Å²) in [5.41, 5.74) is 1.64. The van der Waals surface area contributed by atoms with Gasteiger partial charge in [-0.1, -0.05) is 54.6 Å². The molecule has 0 unspecified atom stereocenters. The van der Waals surface area contributed by atoms with Crippen molar-refractivity contribution in [3.05, 3.63) is 69.9 Å². The SMILES string of the molecule is Fc1c(Br)cccc1C=Cc1ccccc1. The molecule has 0 saturated heterocycles. The van der Waals surface area contributed by atoms with Crippen LogP contribution in [0.25, 0.3) is 12.2 Å². The van der Waals surface area contributed by atoms with Crippen LogP contribution in [-0.4, -0.2) is 0 Å². The van der Waals surface area contributed by atoms with Gasteiger partial charge >= 0.3 is 0 Å². The third kappa shape index (κ3) is 2.58. The minimum Gasteiger partial charge on any atom is -0.205 e. The third-order valence-electron chi connectivity index (χ3n) is 2.24. The van der Waals surface area contributed by atoms with Crippen molar-refractivity contribution in [1.29, 1.82) is 0 Å². The highest BCUT2D eigenvalue weighted by Crippen LogP contribution is 2.20. The Labute approximate surface area is 103 Å². The second-order valence-corrected chi connectivity index (χ2v) is 4.24. The maximum atomic E-state index is 13.6. The Morgan fingerprint density at radius 3 is 2.38 bits per heavy atom. The van der Waals surface area contributed by atoms with E-state index in [9.17, 15) is 4.39 Å². The summed E-state index contributed by atoms with van der Waals surface area (Å²) in [6, 6.07) is 15.1. The highest BCUT2D eigenvalue weighted by Gasteiger charge is 2.01.